The molecule has 0 radical (unpaired) electrons. The van der Waals surface area contributed by atoms with Gasteiger partial charge in [-0.05, 0) is 55.5 Å². The van der Waals surface area contributed by atoms with Crippen LogP contribution in [0.15, 0.2) is 83.6 Å². The lowest BCUT2D eigenvalue weighted by molar-refractivity contribution is 0.393. The summed E-state index contributed by atoms with van der Waals surface area (Å²) in [6.07, 6.45) is 3.71. The van der Waals surface area contributed by atoms with Crippen molar-refractivity contribution in [3.8, 4) is 11.1 Å². The molecule has 5 heteroatoms. The number of hydrogen-bond acceptors (Lipinski definition) is 4. The van der Waals surface area contributed by atoms with Crippen molar-refractivity contribution in [3.05, 3.63) is 102 Å². The smallest absolute Gasteiger partial charge is 0.141 e. The van der Waals surface area contributed by atoms with Crippen LogP contribution in [0.5, 0.6) is 0 Å². The third-order valence-corrected chi connectivity index (χ3v) is 6.19. The molecule has 0 saturated heterocycles. The fourth-order valence-electron chi connectivity index (χ4n) is 4.48. The second kappa shape index (κ2) is 10.4. The summed E-state index contributed by atoms with van der Waals surface area (Å²) in [7, 11) is 0. The Morgan fingerprint density at radius 3 is 2.03 bits per heavy atom. The Hall–Kier alpha value is -3.86. The highest BCUT2D eigenvalue weighted by atomic mass is 16.5. The molecule has 0 atom stereocenters. The van der Waals surface area contributed by atoms with Gasteiger partial charge in [0.25, 0.3) is 0 Å². The molecule has 0 bridgehead atoms. The van der Waals surface area contributed by atoms with Gasteiger partial charge in [-0.1, -0.05) is 73.2 Å². The lowest BCUT2D eigenvalue weighted by Gasteiger charge is -2.26. The summed E-state index contributed by atoms with van der Waals surface area (Å²) in [4.78, 5) is 10.5. The first-order chi connectivity index (χ1) is 16.2. The van der Waals surface area contributed by atoms with Crippen LogP contribution in [0.25, 0.3) is 22.2 Å². The molecule has 2 aromatic heterocycles. The number of H-pyrrole nitrogens is 1. The van der Waals surface area contributed by atoms with Crippen molar-refractivity contribution in [1.82, 2.24) is 15.1 Å². The van der Waals surface area contributed by atoms with E-state index in [9.17, 15) is 0 Å². The Labute approximate surface area is 201 Å². The number of nitrogens with one attached hydrogen (secondary N) is 1. The molecule has 0 spiro atoms. The molecule has 174 valence electrons. The lowest BCUT2D eigenvalue weighted by Crippen LogP contribution is -2.28. The van der Waals surface area contributed by atoms with Gasteiger partial charge in [-0.25, -0.2) is 4.98 Å². The Bertz CT molecular complexity index is 1280. The maximum atomic E-state index is 5.46. The molecule has 5 rings (SSSR count). The number of rotatable bonds is 8. The molecule has 5 aromatic rings. The molecule has 34 heavy (non-hydrogen) atoms. The van der Waals surface area contributed by atoms with E-state index in [1.54, 1.807) is 6.33 Å². The molecule has 0 aliphatic rings. The van der Waals surface area contributed by atoms with E-state index in [-0.39, 0.29) is 7.43 Å². The summed E-state index contributed by atoms with van der Waals surface area (Å²) in [6, 6.07) is 25.7. The van der Waals surface area contributed by atoms with E-state index in [0.29, 0.717) is 0 Å². The van der Waals surface area contributed by atoms with Crippen molar-refractivity contribution >= 4 is 16.7 Å². The van der Waals surface area contributed by atoms with Crippen molar-refractivity contribution in [2.75, 3.05) is 18.0 Å². The highest BCUT2D eigenvalue weighted by Gasteiger charge is 2.18. The van der Waals surface area contributed by atoms with Crippen LogP contribution in [0.3, 0.4) is 0 Å². The van der Waals surface area contributed by atoms with Crippen LogP contribution in [0.1, 0.15) is 30.0 Å². The van der Waals surface area contributed by atoms with Crippen LogP contribution in [0.2, 0.25) is 0 Å². The van der Waals surface area contributed by atoms with Gasteiger partial charge in [-0.15, -0.1) is 0 Å². The number of aromatic nitrogens is 3. The Morgan fingerprint density at radius 1 is 0.853 bits per heavy atom. The van der Waals surface area contributed by atoms with Crippen molar-refractivity contribution in [2.24, 2.45) is 0 Å². The minimum absolute atomic E-state index is 0. The van der Waals surface area contributed by atoms with Crippen LogP contribution in [-0.4, -0.2) is 28.2 Å². The third-order valence-electron chi connectivity index (χ3n) is 6.19. The predicted molar refractivity (Wildman–Crippen MR) is 140 cm³/mol. The van der Waals surface area contributed by atoms with Gasteiger partial charge in [0.2, 0.25) is 0 Å². The van der Waals surface area contributed by atoms with E-state index in [0.717, 1.165) is 65.2 Å². The number of aromatic amines is 1. The number of benzene rings is 3. The number of imidazole rings is 1. The van der Waals surface area contributed by atoms with E-state index < -0.39 is 0 Å². The van der Waals surface area contributed by atoms with Crippen molar-refractivity contribution < 1.29 is 4.52 Å². The Kier molecular flexibility index (Phi) is 7.12. The summed E-state index contributed by atoms with van der Waals surface area (Å²) < 4.78 is 5.46. The largest absolute Gasteiger partial charge is 0.369 e. The zero-order chi connectivity index (χ0) is 22.6. The number of fused-ring (bicyclic) bond motifs is 1. The summed E-state index contributed by atoms with van der Waals surface area (Å²) in [5.74, 6) is 0.831. The molecule has 2 heterocycles. The van der Waals surface area contributed by atoms with Gasteiger partial charge in [-0.3, -0.25) is 0 Å². The maximum Gasteiger partial charge on any atom is 0.141 e. The predicted octanol–water partition coefficient (Wildman–Crippen LogP) is 6.76. The van der Waals surface area contributed by atoms with Gasteiger partial charge in [-0.2, -0.15) is 0 Å². The van der Waals surface area contributed by atoms with Crippen LogP contribution >= 0.6 is 0 Å². The molecule has 0 saturated carbocycles. The molecule has 0 aliphatic carbocycles. The van der Waals surface area contributed by atoms with E-state index in [1.807, 2.05) is 13.8 Å². The standard InChI is InChI=1S/C28H28N4O.CH4/c1-20-27(21(2)33-31-20)24-17-25-28(30-19-29-25)26(18-24)32(15-13-22-9-5-3-6-10-22)16-14-23-11-7-4-8-12-23;/h3-12,17-19H,13-16H2,1-2H3,(H,29,30);1H4. The second-order valence-electron chi connectivity index (χ2n) is 8.45. The molecule has 0 unspecified atom stereocenters. The third kappa shape index (κ3) is 4.88. The van der Waals surface area contributed by atoms with Gasteiger partial charge < -0.3 is 14.4 Å². The molecule has 1 N–H and O–H groups in total. The van der Waals surface area contributed by atoms with Gasteiger partial charge in [0, 0.05) is 18.7 Å². The van der Waals surface area contributed by atoms with Crippen molar-refractivity contribution in [3.63, 3.8) is 0 Å². The first-order valence-corrected chi connectivity index (χ1v) is 11.4. The van der Waals surface area contributed by atoms with Gasteiger partial charge in [0.1, 0.15) is 11.3 Å². The highest BCUT2D eigenvalue weighted by molar-refractivity contribution is 5.94. The maximum absolute atomic E-state index is 5.46. The fourth-order valence-corrected chi connectivity index (χ4v) is 4.48. The number of anilines is 1. The minimum atomic E-state index is 0. The monoisotopic (exact) mass is 452 g/mol. The summed E-state index contributed by atoms with van der Waals surface area (Å²) in [6.45, 7) is 5.77. The van der Waals surface area contributed by atoms with Gasteiger partial charge >= 0.3 is 0 Å². The molecule has 0 fully saturated rings. The van der Waals surface area contributed by atoms with Crippen molar-refractivity contribution in [1.29, 1.82) is 0 Å². The SMILES string of the molecule is C.Cc1noc(C)c1-c1cc(N(CCc2ccccc2)CCc2ccccc2)c2nc[nH]c2c1. The Morgan fingerprint density at radius 2 is 1.47 bits per heavy atom. The molecular weight excluding hydrogens is 420 g/mol. The molecule has 0 amide bonds. The quantitative estimate of drug-likeness (QED) is 0.282. The lowest BCUT2D eigenvalue weighted by atomic mass is 10.0. The summed E-state index contributed by atoms with van der Waals surface area (Å²) in [5.41, 5.74) is 8.87. The Balaban J connectivity index is 0.00000274. The average molecular weight is 453 g/mol. The zero-order valence-electron chi connectivity index (χ0n) is 19.1. The van der Waals surface area contributed by atoms with Crippen molar-refractivity contribution in [2.45, 2.75) is 34.1 Å². The average Bonchev–Trinajstić information content (AvgIpc) is 3.46. The summed E-state index contributed by atoms with van der Waals surface area (Å²) >= 11 is 0. The number of nitrogens with zero attached hydrogens (tertiary/aromatic N) is 3. The normalized spacial score (nSPS) is 10.9. The van der Waals surface area contributed by atoms with E-state index in [1.165, 1.54) is 11.1 Å². The summed E-state index contributed by atoms with van der Waals surface area (Å²) in [5, 5.41) is 4.17. The minimum Gasteiger partial charge on any atom is -0.369 e. The molecule has 5 nitrogen and oxygen atoms in total. The molecule has 3 aromatic carbocycles. The van der Waals surface area contributed by atoms with Gasteiger partial charge in [0.05, 0.1) is 23.2 Å². The fraction of sp³-hybridized carbons (Fsp3) is 0.241. The van der Waals surface area contributed by atoms with E-state index in [4.69, 9.17) is 4.52 Å². The zero-order valence-corrected chi connectivity index (χ0v) is 19.1. The van der Waals surface area contributed by atoms with Crippen LogP contribution in [0, 0.1) is 13.8 Å². The van der Waals surface area contributed by atoms with Gasteiger partial charge in [0.15, 0.2) is 0 Å². The molecule has 0 aliphatic heterocycles. The first-order valence-electron chi connectivity index (χ1n) is 11.4. The second-order valence-corrected chi connectivity index (χ2v) is 8.45. The highest BCUT2D eigenvalue weighted by Crippen LogP contribution is 2.35. The van der Waals surface area contributed by atoms with E-state index in [2.05, 4.69) is 92.8 Å². The number of hydrogen-bond donors (Lipinski definition) is 1. The van der Waals surface area contributed by atoms with Crippen LogP contribution in [-0.2, 0) is 12.8 Å². The first kappa shape index (κ1) is 23.3. The van der Waals surface area contributed by atoms with E-state index >= 15 is 0 Å². The molecular formula is C29H32N4O. The number of aryl methyl sites for hydroxylation is 2. The van der Waals surface area contributed by atoms with Crippen LogP contribution < -0.4 is 4.90 Å². The van der Waals surface area contributed by atoms with Crippen LogP contribution in [0.4, 0.5) is 5.69 Å². The topological polar surface area (TPSA) is 58.0 Å².